The van der Waals surface area contributed by atoms with Crippen molar-refractivity contribution in [3.8, 4) is 11.3 Å². The zero-order valence-corrected chi connectivity index (χ0v) is 17.2. The number of amides is 1. The molecule has 0 radical (unpaired) electrons. The third-order valence-corrected chi connectivity index (χ3v) is 5.62. The Balaban J connectivity index is 2.11. The Morgan fingerprint density at radius 1 is 1.03 bits per heavy atom. The molecule has 7 nitrogen and oxygen atoms in total. The molecule has 0 atom stereocenters. The minimum Gasteiger partial charge on any atom is -0.347 e. The van der Waals surface area contributed by atoms with Gasteiger partial charge < -0.3 is 9.88 Å². The summed E-state index contributed by atoms with van der Waals surface area (Å²) in [7, 11) is -2.01. The third kappa shape index (κ3) is 4.27. The van der Waals surface area contributed by atoms with Crippen molar-refractivity contribution in [2.45, 2.75) is 18.4 Å². The lowest BCUT2D eigenvalue weighted by Gasteiger charge is -2.10. The number of rotatable bonds is 6. The van der Waals surface area contributed by atoms with E-state index in [0.717, 1.165) is 11.8 Å². The van der Waals surface area contributed by atoms with Crippen molar-refractivity contribution in [1.29, 1.82) is 0 Å². The number of carbonyl (C=O) groups is 2. The fourth-order valence-corrected chi connectivity index (χ4v) is 4.00. The summed E-state index contributed by atoms with van der Waals surface area (Å²) in [4.78, 5) is 29.4. The van der Waals surface area contributed by atoms with Crippen LogP contribution in [-0.2, 0) is 23.4 Å². The second kappa shape index (κ2) is 8.00. The Hall–Kier alpha value is -3.26. The van der Waals surface area contributed by atoms with Crippen molar-refractivity contribution in [3.05, 3.63) is 71.7 Å². The standard InChI is InChI=1S/C21H21N3O4S/c1-14(25)20-23-18(16-11-7-8-12-17(16)29(3,27)28)19(24(20)2)21(26)22-13-15-9-5-4-6-10-15/h4-12H,13H2,1-3H3,(H,22,26). The van der Waals surface area contributed by atoms with Crippen LogP contribution in [0.2, 0.25) is 0 Å². The first kappa shape index (κ1) is 20.5. The van der Waals surface area contributed by atoms with E-state index in [-0.39, 0.29) is 40.0 Å². The van der Waals surface area contributed by atoms with Gasteiger partial charge in [-0.2, -0.15) is 0 Å². The molecule has 0 saturated heterocycles. The highest BCUT2D eigenvalue weighted by Gasteiger charge is 2.27. The molecule has 3 rings (SSSR count). The molecule has 1 N–H and O–H groups in total. The summed E-state index contributed by atoms with van der Waals surface area (Å²) < 4.78 is 25.9. The normalized spacial score (nSPS) is 11.3. The van der Waals surface area contributed by atoms with Crippen molar-refractivity contribution < 1.29 is 18.0 Å². The van der Waals surface area contributed by atoms with Crippen LogP contribution in [0, 0.1) is 0 Å². The van der Waals surface area contributed by atoms with E-state index in [1.807, 2.05) is 30.3 Å². The second-order valence-corrected chi connectivity index (χ2v) is 8.67. The Morgan fingerprint density at radius 2 is 1.66 bits per heavy atom. The van der Waals surface area contributed by atoms with E-state index >= 15 is 0 Å². The quantitative estimate of drug-likeness (QED) is 0.629. The van der Waals surface area contributed by atoms with Gasteiger partial charge in [0.1, 0.15) is 11.4 Å². The molecule has 0 aliphatic heterocycles. The molecule has 150 valence electrons. The molecule has 8 heteroatoms. The van der Waals surface area contributed by atoms with Gasteiger partial charge in [0, 0.05) is 32.3 Å². The highest BCUT2D eigenvalue weighted by atomic mass is 32.2. The summed E-state index contributed by atoms with van der Waals surface area (Å²) in [5.74, 6) is -0.699. The van der Waals surface area contributed by atoms with Crippen LogP contribution in [0.4, 0.5) is 0 Å². The molecule has 0 aliphatic carbocycles. The molecule has 2 aromatic carbocycles. The van der Waals surface area contributed by atoms with Gasteiger partial charge in [0.15, 0.2) is 21.4 Å². The fraction of sp³-hybridized carbons (Fsp3) is 0.190. The van der Waals surface area contributed by atoms with Gasteiger partial charge in [-0.05, 0) is 11.6 Å². The number of imidazole rings is 1. The number of carbonyl (C=O) groups excluding carboxylic acids is 2. The molecule has 0 bridgehead atoms. The SMILES string of the molecule is CC(=O)c1nc(-c2ccccc2S(C)(=O)=O)c(C(=O)NCc2ccccc2)n1C. The molecule has 3 aromatic rings. The van der Waals surface area contributed by atoms with Gasteiger partial charge in [-0.1, -0.05) is 48.5 Å². The van der Waals surface area contributed by atoms with Crippen molar-refractivity contribution in [3.63, 3.8) is 0 Å². The first-order chi connectivity index (χ1) is 13.7. The molecule has 1 aromatic heterocycles. The molecular formula is C21H21N3O4S. The fourth-order valence-electron chi connectivity index (χ4n) is 3.11. The van der Waals surface area contributed by atoms with E-state index in [4.69, 9.17) is 0 Å². The van der Waals surface area contributed by atoms with E-state index in [1.54, 1.807) is 25.2 Å². The lowest BCUT2D eigenvalue weighted by Crippen LogP contribution is -2.26. The van der Waals surface area contributed by atoms with Crippen LogP contribution in [0.3, 0.4) is 0 Å². The summed E-state index contributed by atoms with van der Waals surface area (Å²) >= 11 is 0. The lowest BCUT2D eigenvalue weighted by atomic mass is 10.1. The van der Waals surface area contributed by atoms with Gasteiger partial charge in [-0.25, -0.2) is 13.4 Å². The largest absolute Gasteiger partial charge is 0.347 e. The Kier molecular flexibility index (Phi) is 5.65. The summed E-state index contributed by atoms with van der Waals surface area (Å²) in [6, 6.07) is 15.7. The number of benzene rings is 2. The zero-order chi connectivity index (χ0) is 21.2. The number of nitrogens with one attached hydrogen (secondary N) is 1. The lowest BCUT2D eigenvalue weighted by molar-refractivity contribution is 0.0943. The van der Waals surface area contributed by atoms with Crippen LogP contribution >= 0.6 is 0 Å². The number of ketones is 1. The highest BCUT2D eigenvalue weighted by Crippen LogP contribution is 2.30. The summed E-state index contributed by atoms with van der Waals surface area (Å²) in [5, 5.41) is 2.82. The molecule has 0 saturated carbocycles. The number of hydrogen-bond donors (Lipinski definition) is 1. The number of sulfone groups is 1. The maximum absolute atomic E-state index is 13.0. The smallest absolute Gasteiger partial charge is 0.270 e. The Labute approximate surface area is 169 Å². The topological polar surface area (TPSA) is 98.1 Å². The van der Waals surface area contributed by atoms with Crippen molar-refractivity contribution in [2.75, 3.05) is 6.26 Å². The molecule has 29 heavy (non-hydrogen) atoms. The average molecular weight is 411 g/mol. The van der Waals surface area contributed by atoms with Crippen molar-refractivity contribution >= 4 is 21.5 Å². The van der Waals surface area contributed by atoms with E-state index in [1.165, 1.54) is 17.6 Å². The predicted molar refractivity (Wildman–Crippen MR) is 109 cm³/mol. The molecule has 1 amide bonds. The number of aromatic nitrogens is 2. The van der Waals surface area contributed by atoms with E-state index in [9.17, 15) is 18.0 Å². The highest BCUT2D eigenvalue weighted by molar-refractivity contribution is 7.90. The average Bonchev–Trinajstić information content (AvgIpc) is 3.03. The summed E-state index contributed by atoms with van der Waals surface area (Å²) in [5.41, 5.74) is 1.47. The predicted octanol–water partition coefficient (Wildman–Crippen LogP) is 2.62. The van der Waals surface area contributed by atoms with Crippen LogP contribution in [0.25, 0.3) is 11.3 Å². The molecular weight excluding hydrogens is 390 g/mol. The van der Waals surface area contributed by atoms with Gasteiger partial charge in [-0.3, -0.25) is 9.59 Å². The molecule has 0 spiro atoms. The van der Waals surface area contributed by atoms with Gasteiger partial charge in [0.25, 0.3) is 5.91 Å². The van der Waals surface area contributed by atoms with Crippen LogP contribution < -0.4 is 5.32 Å². The minimum absolute atomic E-state index is 0.0466. The van der Waals surface area contributed by atoms with Crippen LogP contribution in [0.1, 0.15) is 33.6 Å². The first-order valence-electron chi connectivity index (χ1n) is 8.89. The number of Topliss-reactive ketones (excluding diaryl/α,β-unsaturated/α-hetero) is 1. The number of hydrogen-bond acceptors (Lipinski definition) is 5. The minimum atomic E-state index is -3.57. The third-order valence-electron chi connectivity index (χ3n) is 4.46. The van der Waals surface area contributed by atoms with Crippen LogP contribution in [0.5, 0.6) is 0 Å². The van der Waals surface area contributed by atoms with Crippen LogP contribution in [-0.4, -0.2) is 35.9 Å². The van der Waals surface area contributed by atoms with Gasteiger partial charge in [0.2, 0.25) is 0 Å². The molecule has 1 heterocycles. The number of nitrogens with zero attached hydrogens (tertiary/aromatic N) is 2. The maximum Gasteiger partial charge on any atom is 0.270 e. The Bertz CT molecular complexity index is 1180. The van der Waals surface area contributed by atoms with Gasteiger partial charge in [0.05, 0.1) is 4.90 Å². The van der Waals surface area contributed by atoms with E-state index < -0.39 is 15.7 Å². The van der Waals surface area contributed by atoms with Crippen molar-refractivity contribution in [2.24, 2.45) is 7.05 Å². The summed E-state index contributed by atoms with van der Waals surface area (Å²) in [6.45, 7) is 1.63. The second-order valence-electron chi connectivity index (χ2n) is 6.68. The molecule has 0 fully saturated rings. The monoisotopic (exact) mass is 411 g/mol. The summed E-state index contributed by atoms with van der Waals surface area (Å²) in [6.07, 6.45) is 1.09. The molecule has 0 unspecified atom stereocenters. The van der Waals surface area contributed by atoms with Crippen molar-refractivity contribution in [1.82, 2.24) is 14.9 Å². The zero-order valence-electron chi connectivity index (χ0n) is 16.3. The molecule has 0 aliphatic rings. The van der Waals surface area contributed by atoms with Crippen LogP contribution in [0.15, 0.2) is 59.5 Å². The first-order valence-corrected chi connectivity index (χ1v) is 10.8. The van der Waals surface area contributed by atoms with E-state index in [2.05, 4.69) is 10.3 Å². The van der Waals surface area contributed by atoms with Gasteiger partial charge >= 0.3 is 0 Å². The van der Waals surface area contributed by atoms with Gasteiger partial charge in [-0.15, -0.1) is 0 Å². The Morgan fingerprint density at radius 3 is 2.28 bits per heavy atom. The maximum atomic E-state index is 13.0. The van der Waals surface area contributed by atoms with E-state index in [0.29, 0.717) is 0 Å².